The molecule has 2 unspecified atom stereocenters. The molecule has 2 aromatic carbocycles. The van der Waals surface area contributed by atoms with Crippen molar-refractivity contribution in [2.24, 2.45) is 0 Å². The van der Waals surface area contributed by atoms with Gasteiger partial charge in [-0.1, -0.05) is 41.9 Å². The molecular weight excluding hydrogens is 311 g/mol. The summed E-state index contributed by atoms with van der Waals surface area (Å²) in [5.74, 6) is 0.399. The van der Waals surface area contributed by atoms with E-state index in [-0.39, 0.29) is 6.10 Å². The number of benzene rings is 2. The van der Waals surface area contributed by atoms with E-state index in [2.05, 4.69) is 0 Å². The zero-order chi connectivity index (χ0) is 14.7. The molecule has 1 heterocycles. The van der Waals surface area contributed by atoms with Crippen molar-refractivity contribution in [3.63, 3.8) is 0 Å². The van der Waals surface area contributed by atoms with Crippen LogP contribution in [0.1, 0.15) is 18.1 Å². The van der Waals surface area contributed by atoms with Crippen LogP contribution in [-0.2, 0) is 13.6 Å². The van der Waals surface area contributed by atoms with Crippen molar-refractivity contribution in [1.29, 1.82) is 0 Å². The molecule has 21 heavy (non-hydrogen) atoms. The van der Waals surface area contributed by atoms with Gasteiger partial charge >= 0.3 is 7.82 Å². The molecule has 2 aromatic rings. The van der Waals surface area contributed by atoms with Crippen LogP contribution in [0.2, 0.25) is 5.02 Å². The summed E-state index contributed by atoms with van der Waals surface area (Å²) in [6, 6.07) is 16.2. The van der Waals surface area contributed by atoms with Gasteiger partial charge in [0.15, 0.2) is 0 Å². The third kappa shape index (κ3) is 3.66. The molecule has 3 rings (SSSR count). The maximum absolute atomic E-state index is 12.6. The van der Waals surface area contributed by atoms with Gasteiger partial charge in [-0.25, -0.2) is 4.57 Å². The average molecular weight is 325 g/mol. The van der Waals surface area contributed by atoms with Crippen LogP contribution in [0.5, 0.6) is 5.75 Å². The van der Waals surface area contributed by atoms with E-state index in [1.54, 1.807) is 24.3 Å². The minimum Gasteiger partial charge on any atom is -0.404 e. The van der Waals surface area contributed by atoms with E-state index in [4.69, 9.17) is 25.2 Å². The number of phosphoric acid groups is 1. The number of halogens is 1. The summed E-state index contributed by atoms with van der Waals surface area (Å²) in [5, 5.41) is 0.577. The SMILES string of the molecule is O=P1(Oc2ccc(Cl)cc2)OCCC(c2ccccc2)O1. The van der Waals surface area contributed by atoms with Gasteiger partial charge in [0, 0.05) is 11.4 Å². The highest BCUT2D eigenvalue weighted by Crippen LogP contribution is 2.56. The van der Waals surface area contributed by atoms with E-state index in [1.165, 1.54) is 0 Å². The van der Waals surface area contributed by atoms with E-state index >= 15 is 0 Å². The fourth-order valence-corrected chi connectivity index (χ4v) is 3.61. The normalized spacial score (nSPS) is 25.5. The molecule has 0 N–H and O–H groups in total. The van der Waals surface area contributed by atoms with Crippen LogP contribution >= 0.6 is 19.4 Å². The first-order valence-corrected chi connectivity index (χ1v) is 8.42. The molecule has 0 radical (unpaired) electrons. The molecule has 0 saturated carbocycles. The Bertz CT molecular complexity index is 644. The summed E-state index contributed by atoms with van der Waals surface area (Å²) in [4.78, 5) is 0. The van der Waals surface area contributed by atoms with E-state index in [0.717, 1.165) is 5.56 Å². The van der Waals surface area contributed by atoms with Crippen LogP contribution in [0.25, 0.3) is 0 Å². The van der Waals surface area contributed by atoms with E-state index in [1.807, 2.05) is 30.3 Å². The van der Waals surface area contributed by atoms with Crippen LogP contribution in [0.4, 0.5) is 0 Å². The maximum atomic E-state index is 12.6. The highest BCUT2D eigenvalue weighted by molar-refractivity contribution is 7.49. The molecule has 1 saturated heterocycles. The van der Waals surface area contributed by atoms with Gasteiger partial charge in [0.25, 0.3) is 0 Å². The number of rotatable bonds is 3. The smallest absolute Gasteiger partial charge is 0.404 e. The molecule has 0 aromatic heterocycles. The lowest BCUT2D eigenvalue weighted by Gasteiger charge is -2.29. The first kappa shape index (κ1) is 14.6. The van der Waals surface area contributed by atoms with Crippen LogP contribution in [0, 0.1) is 0 Å². The van der Waals surface area contributed by atoms with Gasteiger partial charge in [0.2, 0.25) is 0 Å². The van der Waals surface area contributed by atoms with Crippen molar-refractivity contribution in [3.05, 3.63) is 65.2 Å². The highest BCUT2D eigenvalue weighted by atomic mass is 35.5. The number of phosphoric ester groups is 1. The monoisotopic (exact) mass is 324 g/mol. The Morgan fingerprint density at radius 3 is 2.52 bits per heavy atom. The standard InChI is InChI=1S/C15H14ClO4P/c16-13-6-8-14(9-7-13)19-21(17)18-11-10-15(20-21)12-4-2-1-3-5-12/h1-9,15H,10-11H2. The summed E-state index contributed by atoms with van der Waals surface area (Å²) in [6.45, 7) is 0.324. The highest BCUT2D eigenvalue weighted by Gasteiger charge is 2.37. The Labute approximate surface area is 128 Å². The molecule has 0 aliphatic carbocycles. The topological polar surface area (TPSA) is 44.8 Å². The molecule has 0 bridgehead atoms. The maximum Gasteiger partial charge on any atom is 0.530 e. The molecule has 0 amide bonds. The fourth-order valence-electron chi connectivity index (χ4n) is 2.08. The zero-order valence-corrected chi connectivity index (χ0v) is 12.8. The first-order valence-electron chi connectivity index (χ1n) is 6.58. The summed E-state index contributed by atoms with van der Waals surface area (Å²) in [7, 11) is -3.62. The van der Waals surface area contributed by atoms with Crippen LogP contribution in [0.3, 0.4) is 0 Å². The Hall–Kier alpha value is -1.32. The second-order valence-corrected chi connectivity index (χ2v) is 6.60. The second-order valence-electron chi connectivity index (χ2n) is 4.62. The van der Waals surface area contributed by atoms with Crippen molar-refractivity contribution in [3.8, 4) is 5.75 Å². The lowest BCUT2D eigenvalue weighted by Crippen LogP contribution is -2.16. The Morgan fingerprint density at radius 1 is 1.10 bits per heavy atom. The van der Waals surface area contributed by atoms with Crippen molar-refractivity contribution >= 4 is 19.4 Å². The van der Waals surface area contributed by atoms with Gasteiger partial charge in [-0.3, -0.25) is 9.05 Å². The predicted molar refractivity (Wildman–Crippen MR) is 80.5 cm³/mol. The van der Waals surface area contributed by atoms with E-state index < -0.39 is 7.82 Å². The number of hydrogen-bond acceptors (Lipinski definition) is 4. The summed E-state index contributed by atoms with van der Waals surface area (Å²) in [6.07, 6.45) is 0.343. The molecular formula is C15H14ClO4P. The Balaban J connectivity index is 1.75. The molecule has 1 aliphatic heterocycles. The van der Waals surface area contributed by atoms with Crippen molar-refractivity contribution in [1.82, 2.24) is 0 Å². The van der Waals surface area contributed by atoms with Gasteiger partial charge in [0.05, 0.1) is 12.7 Å². The minimum atomic E-state index is -3.62. The summed E-state index contributed by atoms with van der Waals surface area (Å²) in [5.41, 5.74) is 0.959. The van der Waals surface area contributed by atoms with E-state index in [9.17, 15) is 4.57 Å². The molecule has 110 valence electrons. The lowest BCUT2D eigenvalue weighted by molar-refractivity contribution is 0.0510. The van der Waals surface area contributed by atoms with Crippen molar-refractivity contribution in [2.45, 2.75) is 12.5 Å². The predicted octanol–water partition coefficient (Wildman–Crippen LogP) is 5.01. The summed E-state index contributed by atoms with van der Waals surface area (Å²) >= 11 is 5.81. The van der Waals surface area contributed by atoms with Crippen LogP contribution in [-0.4, -0.2) is 6.61 Å². The zero-order valence-electron chi connectivity index (χ0n) is 11.1. The second kappa shape index (κ2) is 6.20. The summed E-state index contributed by atoms with van der Waals surface area (Å²) < 4.78 is 28.8. The van der Waals surface area contributed by atoms with Gasteiger partial charge in [-0.05, 0) is 29.8 Å². The molecule has 1 fully saturated rings. The first-order chi connectivity index (χ1) is 10.1. The number of hydrogen-bond donors (Lipinski definition) is 0. The Morgan fingerprint density at radius 2 is 1.81 bits per heavy atom. The van der Waals surface area contributed by atoms with Gasteiger partial charge in [-0.15, -0.1) is 0 Å². The third-order valence-electron chi connectivity index (χ3n) is 3.09. The molecule has 4 nitrogen and oxygen atoms in total. The largest absolute Gasteiger partial charge is 0.530 e. The van der Waals surface area contributed by atoms with E-state index in [0.29, 0.717) is 23.8 Å². The van der Waals surface area contributed by atoms with Crippen LogP contribution < -0.4 is 4.52 Å². The molecule has 6 heteroatoms. The lowest BCUT2D eigenvalue weighted by atomic mass is 10.1. The average Bonchev–Trinajstić information content (AvgIpc) is 2.50. The van der Waals surface area contributed by atoms with Gasteiger partial charge < -0.3 is 4.52 Å². The quantitative estimate of drug-likeness (QED) is 0.745. The fraction of sp³-hybridized carbons (Fsp3) is 0.200. The third-order valence-corrected chi connectivity index (χ3v) is 4.79. The molecule has 2 atom stereocenters. The molecule has 1 aliphatic rings. The minimum absolute atomic E-state index is 0.293. The van der Waals surface area contributed by atoms with Crippen molar-refractivity contribution < 1.29 is 18.1 Å². The van der Waals surface area contributed by atoms with Crippen molar-refractivity contribution in [2.75, 3.05) is 6.61 Å². The Kier molecular flexibility index (Phi) is 4.32. The van der Waals surface area contributed by atoms with Crippen LogP contribution in [0.15, 0.2) is 54.6 Å². The van der Waals surface area contributed by atoms with Gasteiger partial charge in [0.1, 0.15) is 5.75 Å². The van der Waals surface area contributed by atoms with Gasteiger partial charge in [-0.2, -0.15) is 0 Å². The molecule has 0 spiro atoms.